The van der Waals surface area contributed by atoms with Crippen LogP contribution in [-0.4, -0.2) is 75.8 Å². The zero-order chi connectivity index (χ0) is 20.5. The average Bonchev–Trinajstić information content (AvgIpc) is 3.43. The van der Waals surface area contributed by atoms with Crippen LogP contribution in [0.5, 0.6) is 0 Å². The van der Waals surface area contributed by atoms with E-state index in [-0.39, 0.29) is 12.1 Å². The maximum absolute atomic E-state index is 5.62. The van der Waals surface area contributed by atoms with Crippen molar-refractivity contribution in [2.45, 2.75) is 19.0 Å². The maximum atomic E-state index is 5.62. The molecule has 1 aliphatic rings. The Labute approximate surface area is 177 Å². The predicted molar refractivity (Wildman–Crippen MR) is 119 cm³/mol. The maximum Gasteiger partial charge on any atom is 0.191 e. The summed E-state index contributed by atoms with van der Waals surface area (Å²) < 4.78 is 11.2. The third-order valence-electron chi connectivity index (χ3n) is 5.08. The van der Waals surface area contributed by atoms with Crippen molar-refractivity contribution in [2.75, 3.05) is 60.0 Å². The lowest BCUT2D eigenvalue weighted by atomic mass is 10.2. The average molecular weight is 420 g/mol. The zero-order valence-electron chi connectivity index (χ0n) is 17.6. The van der Waals surface area contributed by atoms with Gasteiger partial charge in [0.05, 0.1) is 38.1 Å². The molecular weight excluding hydrogens is 386 g/mol. The van der Waals surface area contributed by atoms with Gasteiger partial charge in [-0.3, -0.25) is 14.8 Å². The lowest BCUT2D eigenvalue weighted by Gasteiger charge is -2.33. The smallest absolute Gasteiger partial charge is 0.191 e. The highest BCUT2D eigenvalue weighted by atomic mass is 32.1. The first-order valence-electron chi connectivity index (χ1n) is 10.3. The van der Waals surface area contributed by atoms with Gasteiger partial charge in [-0.25, -0.2) is 0 Å². The Morgan fingerprint density at radius 1 is 1.24 bits per heavy atom. The highest BCUT2D eigenvalue weighted by molar-refractivity contribution is 7.10. The summed E-state index contributed by atoms with van der Waals surface area (Å²) in [5.74, 6) is 1.78. The van der Waals surface area contributed by atoms with Crippen LogP contribution >= 0.6 is 11.3 Å². The van der Waals surface area contributed by atoms with Gasteiger partial charge in [0.25, 0.3) is 0 Å². The molecule has 2 N–H and O–H groups in total. The van der Waals surface area contributed by atoms with Gasteiger partial charge in [0.15, 0.2) is 5.96 Å². The number of nitrogens with one attached hydrogen (secondary N) is 2. The number of ether oxygens (including phenoxy) is 1. The van der Waals surface area contributed by atoms with Gasteiger partial charge in [0.2, 0.25) is 0 Å². The number of aliphatic imine (C=N–C) groups is 1. The van der Waals surface area contributed by atoms with Gasteiger partial charge in [-0.05, 0) is 44.6 Å². The highest BCUT2D eigenvalue weighted by Gasteiger charge is 2.23. The highest BCUT2D eigenvalue weighted by Crippen LogP contribution is 2.26. The lowest BCUT2D eigenvalue weighted by Crippen LogP contribution is -2.43. The molecule has 0 bridgehead atoms. The van der Waals surface area contributed by atoms with Crippen molar-refractivity contribution < 1.29 is 9.15 Å². The SMILES string of the molecule is CCNC(=NCC(c1cccs1)N1CCOCC1)NCC(c1ccco1)N(C)C. The molecule has 0 saturated carbocycles. The molecule has 160 valence electrons. The molecule has 0 spiro atoms. The molecule has 0 amide bonds. The summed E-state index contributed by atoms with van der Waals surface area (Å²) in [6.07, 6.45) is 1.72. The van der Waals surface area contributed by atoms with E-state index >= 15 is 0 Å². The van der Waals surface area contributed by atoms with Crippen molar-refractivity contribution >= 4 is 17.3 Å². The molecule has 1 saturated heterocycles. The lowest BCUT2D eigenvalue weighted by molar-refractivity contribution is 0.0186. The summed E-state index contributed by atoms with van der Waals surface area (Å²) in [6, 6.07) is 8.69. The van der Waals surface area contributed by atoms with Gasteiger partial charge < -0.3 is 19.8 Å². The van der Waals surface area contributed by atoms with E-state index in [0.717, 1.165) is 44.6 Å². The minimum atomic E-state index is 0.140. The fourth-order valence-electron chi connectivity index (χ4n) is 3.49. The van der Waals surface area contributed by atoms with Gasteiger partial charge in [-0.15, -0.1) is 11.3 Å². The molecule has 2 aromatic rings. The van der Waals surface area contributed by atoms with E-state index < -0.39 is 0 Å². The number of likely N-dealkylation sites (N-methyl/N-ethyl adjacent to an activating group) is 1. The number of hydrogen-bond acceptors (Lipinski definition) is 6. The fourth-order valence-corrected chi connectivity index (χ4v) is 4.34. The first-order chi connectivity index (χ1) is 14.2. The Bertz CT molecular complexity index is 712. The van der Waals surface area contributed by atoms with Gasteiger partial charge >= 0.3 is 0 Å². The number of nitrogens with zero attached hydrogens (tertiary/aromatic N) is 3. The number of guanidine groups is 1. The number of thiophene rings is 1. The normalized spacial score (nSPS) is 18.0. The van der Waals surface area contributed by atoms with Crippen molar-refractivity contribution in [1.29, 1.82) is 0 Å². The Morgan fingerprint density at radius 3 is 2.69 bits per heavy atom. The summed E-state index contributed by atoms with van der Waals surface area (Å²) in [5, 5.41) is 9.01. The second kappa shape index (κ2) is 11.3. The van der Waals surface area contributed by atoms with Crippen LogP contribution in [-0.2, 0) is 4.74 Å². The van der Waals surface area contributed by atoms with E-state index in [2.05, 4.69) is 59.0 Å². The molecule has 0 radical (unpaired) electrons. The van der Waals surface area contributed by atoms with Crippen molar-refractivity contribution in [3.63, 3.8) is 0 Å². The third-order valence-corrected chi connectivity index (χ3v) is 6.06. The van der Waals surface area contributed by atoms with Gasteiger partial charge in [0, 0.05) is 31.1 Å². The van der Waals surface area contributed by atoms with Crippen LogP contribution in [0.2, 0.25) is 0 Å². The van der Waals surface area contributed by atoms with Crippen molar-refractivity contribution in [1.82, 2.24) is 20.4 Å². The molecule has 7 nitrogen and oxygen atoms in total. The summed E-state index contributed by atoms with van der Waals surface area (Å²) in [6.45, 7) is 7.81. The van der Waals surface area contributed by atoms with Crippen LogP contribution in [0.25, 0.3) is 0 Å². The van der Waals surface area contributed by atoms with Crippen molar-refractivity contribution in [2.24, 2.45) is 4.99 Å². The number of rotatable bonds is 9. The fraction of sp³-hybridized carbons (Fsp3) is 0.571. The van der Waals surface area contributed by atoms with Crippen LogP contribution in [0.4, 0.5) is 0 Å². The van der Waals surface area contributed by atoms with Crippen LogP contribution < -0.4 is 10.6 Å². The second-order valence-corrected chi connectivity index (χ2v) is 8.25. The molecule has 3 rings (SSSR count). The molecule has 2 atom stereocenters. The first-order valence-corrected chi connectivity index (χ1v) is 11.1. The van der Waals surface area contributed by atoms with Crippen molar-refractivity contribution in [3.05, 3.63) is 46.5 Å². The molecule has 2 unspecified atom stereocenters. The molecule has 0 aromatic carbocycles. The van der Waals surface area contributed by atoms with E-state index in [0.29, 0.717) is 13.1 Å². The monoisotopic (exact) mass is 419 g/mol. The molecule has 8 heteroatoms. The van der Waals surface area contributed by atoms with Crippen LogP contribution in [0.15, 0.2) is 45.3 Å². The van der Waals surface area contributed by atoms with E-state index in [1.807, 2.05) is 12.1 Å². The minimum absolute atomic E-state index is 0.140. The molecule has 1 fully saturated rings. The standard InChI is InChI=1S/C21H33N5O2S/c1-4-22-21(23-15-17(25(2)3)19-7-5-11-28-19)24-16-18(20-8-6-14-29-20)26-9-12-27-13-10-26/h5-8,11,14,17-18H,4,9-10,12-13,15-16H2,1-3H3,(H2,22,23,24). The Morgan fingerprint density at radius 2 is 2.07 bits per heavy atom. The largest absolute Gasteiger partial charge is 0.468 e. The predicted octanol–water partition coefficient (Wildman–Crippen LogP) is 2.57. The van der Waals surface area contributed by atoms with Crippen molar-refractivity contribution in [3.8, 4) is 0 Å². The molecule has 1 aliphatic heterocycles. The van der Waals surface area contributed by atoms with Crippen LogP contribution in [0, 0.1) is 0 Å². The summed E-state index contributed by atoms with van der Waals surface area (Å²) in [5.41, 5.74) is 0. The van der Waals surface area contributed by atoms with Gasteiger partial charge in [0.1, 0.15) is 5.76 Å². The van der Waals surface area contributed by atoms with E-state index in [1.165, 1.54) is 4.88 Å². The van der Waals surface area contributed by atoms with Gasteiger partial charge in [-0.1, -0.05) is 6.07 Å². The summed E-state index contributed by atoms with van der Waals surface area (Å²) >= 11 is 1.80. The quantitative estimate of drug-likeness (QED) is 0.481. The van der Waals surface area contributed by atoms with E-state index in [4.69, 9.17) is 14.1 Å². The van der Waals surface area contributed by atoms with E-state index in [1.54, 1.807) is 17.6 Å². The molecule has 29 heavy (non-hydrogen) atoms. The van der Waals surface area contributed by atoms with Crippen LogP contribution in [0.1, 0.15) is 29.6 Å². The molecule has 0 aliphatic carbocycles. The molecule has 2 aromatic heterocycles. The summed E-state index contributed by atoms with van der Waals surface area (Å²) in [7, 11) is 4.12. The number of morpholine rings is 1. The topological polar surface area (TPSA) is 65.3 Å². The number of furan rings is 1. The van der Waals surface area contributed by atoms with Gasteiger partial charge in [-0.2, -0.15) is 0 Å². The third kappa shape index (κ3) is 6.30. The van der Waals surface area contributed by atoms with Crippen LogP contribution in [0.3, 0.4) is 0 Å². The first kappa shape index (κ1) is 21.8. The zero-order valence-corrected chi connectivity index (χ0v) is 18.5. The minimum Gasteiger partial charge on any atom is -0.468 e. The Kier molecular flexibility index (Phi) is 8.54. The van der Waals surface area contributed by atoms with E-state index in [9.17, 15) is 0 Å². The Hall–Kier alpha value is -1.87. The molecular formula is C21H33N5O2S. The summed E-state index contributed by atoms with van der Waals surface area (Å²) in [4.78, 5) is 10.9. The molecule has 3 heterocycles. The Balaban J connectivity index is 1.67. The number of hydrogen-bond donors (Lipinski definition) is 2. The second-order valence-electron chi connectivity index (χ2n) is 7.27.